The van der Waals surface area contributed by atoms with Crippen LogP contribution in [0.1, 0.15) is 39.9 Å². The molecule has 2 saturated heterocycles. The van der Waals surface area contributed by atoms with Crippen molar-refractivity contribution >= 4 is 33.0 Å². The molecule has 2 heterocycles. The highest BCUT2D eigenvalue weighted by atomic mass is 32.2. The molecule has 226 valence electrons. The Labute approximate surface area is 250 Å². The van der Waals surface area contributed by atoms with Gasteiger partial charge in [-0.1, -0.05) is 18.2 Å². The van der Waals surface area contributed by atoms with Crippen LogP contribution in [0.4, 0.5) is 25.8 Å². The lowest BCUT2D eigenvalue weighted by Gasteiger charge is -2.37. The molecule has 0 aliphatic carbocycles. The largest absolute Gasteiger partial charge is 0.382 e. The quantitative estimate of drug-likeness (QED) is 0.431. The summed E-state index contributed by atoms with van der Waals surface area (Å²) in [5, 5.41) is 18.3. The molecule has 2 aliphatic heterocycles. The third kappa shape index (κ3) is 6.28. The molecule has 3 aromatic rings. The molecule has 3 N–H and O–H groups in total. The number of piperidine rings is 1. The molecule has 0 atom stereocenters. The number of hydrogen-bond donors (Lipinski definition) is 2. The molecule has 12 heteroatoms. The van der Waals surface area contributed by atoms with Gasteiger partial charge in [0.05, 0.1) is 16.9 Å². The van der Waals surface area contributed by atoms with Crippen molar-refractivity contribution in [3.05, 3.63) is 82.4 Å². The number of sulfonamides is 1. The molecule has 43 heavy (non-hydrogen) atoms. The summed E-state index contributed by atoms with van der Waals surface area (Å²) in [7, 11) is -4.27. The summed E-state index contributed by atoms with van der Waals surface area (Å²) < 4.78 is 53.0. The summed E-state index contributed by atoms with van der Waals surface area (Å²) in [5.74, 6) is -1.44. The van der Waals surface area contributed by atoms with Crippen LogP contribution in [-0.4, -0.2) is 64.5 Å². The minimum Gasteiger partial charge on any atom is -0.382 e. The normalized spacial score (nSPS) is 16.2. The van der Waals surface area contributed by atoms with Crippen LogP contribution in [0.25, 0.3) is 0 Å². The van der Waals surface area contributed by atoms with Crippen molar-refractivity contribution in [1.82, 2.24) is 4.90 Å². The van der Waals surface area contributed by atoms with E-state index in [1.54, 1.807) is 21.9 Å². The molecular formula is C31H34F2N6O3S. The predicted molar refractivity (Wildman–Crippen MR) is 162 cm³/mol. The number of piperazine rings is 1. The second kappa shape index (κ2) is 12.2. The molecule has 2 fully saturated rings. The number of nitrogens with two attached hydrogens (primary N) is 1. The van der Waals surface area contributed by atoms with E-state index in [4.69, 9.17) is 5.14 Å². The van der Waals surface area contributed by atoms with E-state index >= 15 is 0 Å². The third-order valence-electron chi connectivity index (χ3n) is 8.22. The van der Waals surface area contributed by atoms with E-state index in [-0.39, 0.29) is 17.6 Å². The zero-order chi connectivity index (χ0) is 30.9. The zero-order valence-electron chi connectivity index (χ0n) is 24.1. The van der Waals surface area contributed by atoms with Crippen LogP contribution in [0, 0.1) is 36.8 Å². The van der Waals surface area contributed by atoms with Crippen LogP contribution in [0.3, 0.4) is 0 Å². The van der Waals surface area contributed by atoms with Crippen molar-refractivity contribution in [1.29, 1.82) is 5.26 Å². The van der Waals surface area contributed by atoms with Crippen LogP contribution in [0.15, 0.2) is 53.4 Å². The Kier molecular flexibility index (Phi) is 8.57. The maximum Gasteiger partial charge on any atom is 0.254 e. The smallest absolute Gasteiger partial charge is 0.254 e. The summed E-state index contributed by atoms with van der Waals surface area (Å²) >= 11 is 0. The van der Waals surface area contributed by atoms with E-state index in [1.165, 1.54) is 18.2 Å². The van der Waals surface area contributed by atoms with Crippen LogP contribution in [-0.2, 0) is 10.0 Å². The highest BCUT2D eigenvalue weighted by Crippen LogP contribution is 2.31. The number of aryl methyl sites for hydroxylation is 2. The fourth-order valence-electron chi connectivity index (χ4n) is 5.98. The van der Waals surface area contributed by atoms with Crippen LogP contribution in [0.2, 0.25) is 0 Å². The molecule has 0 unspecified atom stereocenters. The van der Waals surface area contributed by atoms with E-state index < -0.39 is 26.6 Å². The van der Waals surface area contributed by atoms with Crippen molar-refractivity contribution in [3.63, 3.8) is 0 Å². The standard InChI is InChI=1S/C31H34F2N6O3S/c1-20-17-21(2)27(36-23-9-11-38(12-10-23)29-22(19-34)5-3-6-25(29)32)18-24(20)31(40)39-15-13-37(14-16-39)28-8-4-7-26(33)30(28)43(35,41)42/h3-8,17-18,23,36H,9-16H2,1-2H3,(H2,35,41,42). The molecule has 9 nitrogen and oxygen atoms in total. The number of amides is 1. The number of carbonyl (C=O) groups excluding carboxylic acids is 1. The Morgan fingerprint density at radius 1 is 0.930 bits per heavy atom. The van der Waals surface area contributed by atoms with Crippen LogP contribution >= 0.6 is 0 Å². The lowest BCUT2D eigenvalue weighted by Crippen LogP contribution is -2.49. The summed E-state index contributed by atoms with van der Waals surface area (Å²) in [4.78, 5) is 18.5. The van der Waals surface area contributed by atoms with Crippen molar-refractivity contribution in [2.75, 3.05) is 54.4 Å². The summed E-state index contributed by atoms with van der Waals surface area (Å²) in [6.07, 6.45) is 1.47. The lowest BCUT2D eigenvalue weighted by atomic mass is 9.99. The van der Waals surface area contributed by atoms with Gasteiger partial charge in [-0.05, 0) is 68.1 Å². The first kappa shape index (κ1) is 30.3. The Morgan fingerprint density at radius 3 is 2.23 bits per heavy atom. The van der Waals surface area contributed by atoms with Gasteiger partial charge in [0.1, 0.15) is 22.6 Å². The third-order valence-corrected chi connectivity index (χ3v) is 9.19. The topological polar surface area (TPSA) is 123 Å². The van der Waals surface area contributed by atoms with Gasteiger partial charge < -0.3 is 20.0 Å². The molecular weight excluding hydrogens is 574 g/mol. The molecule has 0 radical (unpaired) electrons. The van der Waals surface area contributed by atoms with Gasteiger partial charge in [-0.25, -0.2) is 22.3 Å². The summed E-state index contributed by atoms with van der Waals surface area (Å²) in [6.45, 7) is 6.36. The van der Waals surface area contributed by atoms with Gasteiger partial charge in [-0.2, -0.15) is 5.26 Å². The number of halogens is 2. The highest BCUT2D eigenvalue weighted by molar-refractivity contribution is 7.89. The SMILES string of the molecule is Cc1cc(C)c(C(=O)N2CCN(c3cccc(F)c3S(N)(=O)=O)CC2)cc1NC1CCN(c2c(F)cccc2C#N)CC1. The van der Waals surface area contributed by atoms with Gasteiger partial charge in [0, 0.05) is 56.6 Å². The fourth-order valence-corrected chi connectivity index (χ4v) is 6.81. The Bertz CT molecular complexity index is 1690. The number of primary sulfonamides is 1. The predicted octanol–water partition coefficient (Wildman–Crippen LogP) is 4.14. The molecule has 0 aromatic heterocycles. The number of nitrogens with one attached hydrogen (secondary N) is 1. The fraction of sp³-hybridized carbons (Fsp3) is 0.355. The van der Waals surface area contributed by atoms with Crippen molar-refractivity contribution in [3.8, 4) is 6.07 Å². The number of benzene rings is 3. The molecule has 0 spiro atoms. The van der Waals surface area contributed by atoms with Crippen molar-refractivity contribution in [2.24, 2.45) is 5.14 Å². The van der Waals surface area contributed by atoms with E-state index in [0.717, 1.165) is 35.7 Å². The molecule has 5 rings (SSSR count). The molecule has 2 aliphatic rings. The zero-order valence-corrected chi connectivity index (χ0v) is 24.9. The number of nitrogens with zero attached hydrogens (tertiary/aromatic N) is 4. The average Bonchev–Trinajstić information content (AvgIpc) is 2.98. The monoisotopic (exact) mass is 608 g/mol. The minimum absolute atomic E-state index is 0.112. The van der Waals surface area contributed by atoms with Crippen molar-refractivity contribution < 1.29 is 22.0 Å². The summed E-state index contributed by atoms with van der Waals surface area (Å²) in [6, 6.07) is 14.6. The van der Waals surface area contributed by atoms with Gasteiger partial charge in [-0.3, -0.25) is 4.79 Å². The van der Waals surface area contributed by atoms with E-state index in [0.29, 0.717) is 56.1 Å². The summed E-state index contributed by atoms with van der Waals surface area (Å²) in [5.41, 5.74) is 4.13. The van der Waals surface area contributed by atoms with Gasteiger partial charge in [0.25, 0.3) is 5.91 Å². The molecule has 0 bridgehead atoms. The van der Waals surface area contributed by atoms with Gasteiger partial charge in [0.15, 0.2) is 0 Å². The molecule has 1 amide bonds. The van der Waals surface area contributed by atoms with Crippen LogP contribution in [0.5, 0.6) is 0 Å². The maximum absolute atomic E-state index is 14.5. The number of carbonyl (C=O) groups is 1. The second-order valence-electron chi connectivity index (χ2n) is 11.0. The van der Waals surface area contributed by atoms with E-state index in [1.807, 2.05) is 30.9 Å². The first-order valence-corrected chi connectivity index (χ1v) is 15.7. The first-order chi connectivity index (χ1) is 20.5. The average molecular weight is 609 g/mol. The number of rotatable bonds is 6. The minimum atomic E-state index is -4.27. The number of anilines is 3. The Hall–Kier alpha value is -4.21. The lowest BCUT2D eigenvalue weighted by molar-refractivity contribution is 0.0746. The first-order valence-electron chi connectivity index (χ1n) is 14.1. The number of para-hydroxylation sites is 1. The van der Waals surface area contributed by atoms with Gasteiger partial charge in [-0.15, -0.1) is 0 Å². The second-order valence-corrected chi connectivity index (χ2v) is 12.5. The Balaban J connectivity index is 1.25. The number of hydrogen-bond acceptors (Lipinski definition) is 7. The Morgan fingerprint density at radius 2 is 1.58 bits per heavy atom. The highest BCUT2D eigenvalue weighted by Gasteiger charge is 2.29. The number of nitriles is 1. The van der Waals surface area contributed by atoms with Gasteiger partial charge >= 0.3 is 0 Å². The maximum atomic E-state index is 14.5. The van der Waals surface area contributed by atoms with Gasteiger partial charge in [0.2, 0.25) is 10.0 Å². The molecule has 0 saturated carbocycles. The van der Waals surface area contributed by atoms with Crippen molar-refractivity contribution in [2.45, 2.75) is 37.6 Å². The van der Waals surface area contributed by atoms with E-state index in [9.17, 15) is 27.3 Å². The van der Waals surface area contributed by atoms with E-state index in [2.05, 4.69) is 11.4 Å². The molecule has 3 aromatic carbocycles. The van der Waals surface area contributed by atoms with Crippen LogP contribution < -0.4 is 20.3 Å².